The van der Waals surface area contributed by atoms with Crippen molar-refractivity contribution in [1.82, 2.24) is 4.98 Å². The van der Waals surface area contributed by atoms with Crippen LogP contribution >= 0.6 is 0 Å². The Morgan fingerprint density at radius 2 is 1.84 bits per heavy atom. The molecule has 2 aromatic rings. The summed E-state index contributed by atoms with van der Waals surface area (Å²) < 4.78 is 0. The number of pyridine rings is 1. The summed E-state index contributed by atoms with van der Waals surface area (Å²) in [6, 6.07) is 7.04. The molecule has 0 saturated heterocycles. The molecule has 6 N–H and O–H groups in total. The normalized spacial score (nSPS) is 27.8. The van der Waals surface area contributed by atoms with Crippen LogP contribution in [0.4, 0.5) is 0 Å². The number of ketones is 2. The number of rotatable bonds is 1. The van der Waals surface area contributed by atoms with Gasteiger partial charge >= 0.3 is 0 Å². The number of H-pyrrole nitrogens is 1. The van der Waals surface area contributed by atoms with Crippen molar-refractivity contribution < 1.29 is 29.7 Å². The molecule has 1 heterocycles. The van der Waals surface area contributed by atoms with E-state index < -0.39 is 57.6 Å². The Morgan fingerprint density at radius 1 is 1.13 bits per heavy atom. The van der Waals surface area contributed by atoms with Crippen LogP contribution in [-0.2, 0) is 16.0 Å². The number of carbonyl (C=O) groups excluding carboxylic acids is 3. The second kappa shape index (κ2) is 6.14. The van der Waals surface area contributed by atoms with E-state index in [1.54, 1.807) is 24.3 Å². The number of fused-ring (bicyclic) bond motifs is 5. The summed E-state index contributed by atoms with van der Waals surface area (Å²) >= 11 is 0. The minimum Gasteiger partial charge on any atom is -0.511 e. The molecule has 158 valence electrons. The number of aliphatic hydroxyl groups excluding tert-OH is 2. The number of benzene rings is 1. The molecule has 0 fully saturated rings. The maximum absolute atomic E-state index is 13.3. The summed E-state index contributed by atoms with van der Waals surface area (Å²) in [4.78, 5) is 53.1. The maximum atomic E-state index is 13.3. The first kappa shape index (κ1) is 19.3. The van der Waals surface area contributed by atoms with Gasteiger partial charge in [0.2, 0.25) is 5.78 Å². The highest BCUT2D eigenvalue weighted by Gasteiger charge is 2.59. The number of carbonyl (C=O) groups is 3. The Balaban J connectivity index is 1.74. The van der Waals surface area contributed by atoms with Crippen molar-refractivity contribution in [2.45, 2.75) is 24.9 Å². The first-order valence-electron chi connectivity index (χ1n) is 9.77. The number of primary amides is 1. The molecule has 0 radical (unpaired) electrons. The van der Waals surface area contributed by atoms with E-state index >= 15 is 0 Å². The van der Waals surface area contributed by atoms with Crippen LogP contribution in [0.5, 0.6) is 0 Å². The van der Waals surface area contributed by atoms with E-state index in [1.165, 1.54) is 0 Å². The first-order valence-corrected chi connectivity index (χ1v) is 9.77. The van der Waals surface area contributed by atoms with Crippen LogP contribution in [0, 0.1) is 11.8 Å². The minimum atomic E-state index is -2.57. The summed E-state index contributed by atoms with van der Waals surface area (Å²) in [6.45, 7) is 0. The zero-order valence-electron chi connectivity index (χ0n) is 16.1. The van der Waals surface area contributed by atoms with Crippen LogP contribution in [0.1, 0.15) is 28.8 Å². The fourth-order valence-electron chi connectivity index (χ4n) is 5.28. The third-order valence-corrected chi connectivity index (χ3v) is 6.68. The molecule has 3 aliphatic rings. The SMILES string of the molecule is NC(=O)C1=C(O)CC2C[C@@H]3Cc4c(c(=O)[nH]c5ccccc45)C(=O)C3=C(O)[C@]2(O)C1=O. The molecule has 1 unspecified atom stereocenters. The van der Waals surface area contributed by atoms with Gasteiger partial charge in [0, 0.05) is 28.8 Å². The van der Waals surface area contributed by atoms with E-state index in [0.29, 0.717) is 16.5 Å². The highest BCUT2D eigenvalue weighted by atomic mass is 16.3. The van der Waals surface area contributed by atoms with Gasteiger partial charge in [0.1, 0.15) is 17.1 Å². The van der Waals surface area contributed by atoms with Crippen LogP contribution in [0.3, 0.4) is 0 Å². The van der Waals surface area contributed by atoms with Gasteiger partial charge in [-0.15, -0.1) is 0 Å². The van der Waals surface area contributed by atoms with Gasteiger partial charge in [-0.1, -0.05) is 18.2 Å². The maximum Gasteiger partial charge on any atom is 0.259 e. The van der Waals surface area contributed by atoms with Gasteiger partial charge in [-0.2, -0.15) is 0 Å². The van der Waals surface area contributed by atoms with E-state index in [2.05, 4.69) is 4.98 Å². The molecule has 0 spiro atoms. The lowest BCUT2D eigenvalue weighted by atomic mass is 9.60. The van der Waals surface area contributed by atoms with Crippen molar-refractivity contribution in [2.75, 3.05) is 0 Å². The molecular weight excluding hydrogens is 404 g/mol. The average Bonchev–Trinajstić information content (AvgIpc) is 2.70. The lowest BCUT2D eigenvalue weighted by Crippen LogP contribution is -2.57. The van der Waals surface area contributed by atoms with Crippen LogP contribution in [0.15, 0.2) is 51.7 Å². The predicted octanol–water partition coefficient (Wildman–Crippen LogP) is 0.716. The van der Waals surface area contributed by atoms with E-state index in [1.807, 2.05) is 0 Å². The smallest absolute Gasteiger partial charge is 0.259 e. The Hall–Kier alpha value is -3.72. The van der Waals surface area contributed by atoms with Gasteiger partial charge in [-0.05, 0) is 30.4 Å². The first-order chi connectivity index (χ1) is 14.7. The quantitative estimate of drug-likeness (QED) is 0.421. The van der Waals surface area contributed by atoms with Crippen molar-refractivity contribution in [3.63, 3.8) is 0 Å². The highest BCUT2D eigenvalue weighted by molar-refractivity contribution is 6.24. The van der Waals surface area contributed by atoms with E-state index in [4.69, 9.17) is 5.73 Å². The van der Waals surface area contributed by atoms with Gasteiger partial charge in [-0.3, -0.25) is 19.2 Å². The second-order valence-electron chi connectivity index (χ2n) is 8.26. The Bertz CT molecular complexity index is 1350. The largest absolute Gasteiger partial charge is 0.511 e. The average molecular weight is 422 g/mol. The Kier molecular flexibility index (Phi) is 3.82. The number of allylic oxidation sites excluding steroid dienone is 2. The summed E-state index contributed by atoms with van der Waals surface area (Å²) in [5.74, 6) is -6.22. The van der Waals surface area contributed by atoms with Gasteiger partial charge in [0.25, 0.3) is 11.5 Å². The number of Topliss-reactive ketones (excluding diaryl/α,β-unsaturated/α-hetero) is 2. The fourth-order valence-corrected chi connectivity index (χ4v) is 5.28. The fraction of sp³-hybridized carbons (Fsp3) is 0.273. The van der Waals surface area contributed by atoms with Gasteiger partial charge in [0.15, 0.2) is 11.4 Å². The van der Waals surface area contributed by atoms with Crippen LogP contribution in [-0.4, -0.2) is 43.4 Å². The van der Waals surface area contributed by atoms with Crippen molar-refractivity contribution in [2.24, 2.45) is 17.6 Å². The number of aliphatic hydroxyl groups is 3. The lowest BCUT2D eigenvalue weighted by molar-refractivity contribution is -0.144. The number of hydrogen-bond acceptors (Lipinski definition) is 7. The summed E-state index contributed by atoms with van der Waals surface area (Å²) in [5.41, 5.74) is 1.93. The third-order valence-electron chi connectivity index (χ3n) is 6.68. The number of amides is 1. The molecule has 9 heteroatoms. The third kappa shape index (κ3) is 2.35. The number of nitrogens with two attached hydrogens (primary N) is 1. The van der Waals surface area contributed by atoms with Crippen LogP contribution in [0.25, 0.3) is 10.9 Å². The van der Waals surface area contributed by atoms with E-state index in [0.717, 1.165) is 0 Å². The summed E-state index contributed by atoms with van der Waals surface area (Å²) in [6.07, 6.45) is 0.0639. The molecule has 1 aromatic heterocycles. The summed E-state index contributed by atoms with van der Waals surface area (Å²) in [7, 11) is 0. The molecule has 0 aliphatic heterocycles. The van der Waals surface area contributed by atoms with Crippen molar-refractivity contribution >= 4 is 28.4 Å². The molecule has 9 nitrogen and oxygen atoms in total. The van der Waals surface area contributed by atoms with Gasteiger partial charge in [0.05, 0.1) is 5.56 Å². The van der Waals surface area contributed by atoms with Crippen molar-refractivity contribution in [3.8, 4) is 0 Å². The second-order valence-corrected chi connectivity index (χ2v) is 8.26. The molecule has 31 heavy (non-hydrogen) atoms. The minimum absolute atomic E-state index is 0.0873. The van der Waals surface area contributed by atoms with Gasteiger partial charge < -0.3 is 26.0 Å². The standard InChI is InChI=1S/C22H18N2O7/c23-20(29)16-13(25)7-9-5-8-6-11-10-3-1-2-4-12(10)24-21(30)15(11)17(26)14(8)18(27)22(9,31)19(16)28/h1-4,8-9,25,27,31H,5-7H2,(H2,23,29)(H,24,30)/t8-,9?,22+/m1/s1. The lowest BCUT2D eigenvalue weighted by Gasteiger charge is -2.45. The Morgan fingerprint density at radius 3 is 2.55 bits per heavy atom. The number of hydrogen-bond donors (Lipinski definition) is 5. The number of aromatic nitrogens is 1. The zero-order valence-corrected chi connectivity index (χ0v) is 16.1. The molecule has 5 rings (SSSR count). The molecule has 0 saturated carbocycles. The molecule has 1 aromatic carbocycles. The van der Waals surface area contributed by atoms with E-state index in [-0.39, 0.29) is 30.4 Å². The monoisotopic (exact) mass is 422 g/mol. The number of para-hydroxylation sites is 1. The van der Waals surface area contributed by atoms with Gasteiger partial charge in [-0.25, -0.2) is 0 Å². The molecule has 3 aliphatic carbocycles. The van der Waals surface area contributed by atoms with Crippen molar-refractivity contribution in [3.05, 3.63) is 68.4 Å². The van der Waals surface area contributed by atoms with E-state index in [9.17, 15) is 34.5 Å². The summed E-state index contributed by atoms with van der Waals surface area (Å²) in [5, 5.41) is 33.0. The molecule has 1 amide bonds. The number of aromatic amines is 1. The van der Waals surface area contributed by atoms with Crippen LogP contribution in [0.2, 0.25) is 0 Å². The topological polar surface area (TPSA) is 171 Å². The molecule has 3 atom stereocenters. The predicted molar refractivity (Wildman–Crippen MR) is 107 cm³/mol. The highest BCUT2D eigenvalue weighted by Crippen LogP contribution is 2.50. The molecular formula is C22H18N2O7. The zero-order chi connectivity index (χ0) is 22.2. The number of nitrogens with one attached hydrogen (secondary N) is 1. The Labute approximate surface area is 174 Å². The van der Waals surface area contributed by atoms with Crippen molar-refractivity contribution in [1.29, 1.82) is 0 Å². The van der Waals surface area contributed by atoms with Crippen LogP contribution < -0.4 is 11.3 Å². The molecule has 0 bridgehead atoms.